The van der Waals surface area contributed by atoms with Crippen LogP contribution in [0.4, 0.5) is 8.78 Å². The third-order valence-electron chi connectivity index (χ3n) is 1.57. The number of hydrogen-bond donors (Lipinski definition) is 0. The molecule has 0 bridgehead atoms. The molecular weight excluding hydrogens is 180 g/mol. The van der Waals surface area contributed by atoms with Crippen molar-refractivity contribution in [1.29, 1.82) is 0 Å². The highest BCUT2D eigenvalue weighted by Gasteiger charge is 2.13. The molecule has 2 aromatic rings. The summed E-state index contributed by atoms with van der Waals surface area (Å²) in [7, 11) is 0. The molecule has 2 rings (SSSR count). The molecule has 0 aliphatic carbocycles. The second-order valence-corrected chi connectivity index (χ2v) is 2.38. The monoisotopic (exact) mass is 183 g/mol. The van der Waals surface area contributed by atoms with Gasteiger partial charge in [-0.3, -0.25) is 4.79 Å². The molecule has 5 heteroatoms. The minimum Gasteiger partial charge on any atom is -0.431 e. The number of carbonyl (C=O) groups is 1. The highest BCUT2D eigenvalue weighted by molar-refractivity contribution is 5.79. The third-order valence-corrected chi connectivity index (χ3v) is 1.57. The van der Waals surface area contributed by atoms with Gasteiger partial charge in [-0.05, 0) is 12.1 Å². The number of fused-ring (bicyclic) bond motifs is 1. The van der Waals surface area contributed by atoms with Crippen LogP contribution in [0.15, 0.2) is 16.5 Å². The van der Waals surface area contributed by atoms with Gasteiger partial charge < -0.3 is 4.42 Å². The van der Waals surface area contributed by atoms with Crippen molar-refractivity contribution < 1.29 is 18.0 Å². The Hall–Kier alpha value is -1.78. The van der Waals surface area contributed by atoms with Crippen molar-refractivity contribution in [3.05, 3.63) is 29.7 Å². The van der Waals surface area contributed by atoms with Gasteiger partial charge in [-0.2, -0.15) is 4.39 Å². The van der Waals surface area contributed by atoms with Crippen LogP contribution in [0.25, 0.3) is 11.1 Å². The van der Waals surface area contributed by atoms with Gasteiger partial charge in [0.25, 0.3) is 5.89 Å². The molecule has 3 nitrogen and oxygen atoms in total. The van der Waals surface area contributed by atoms with E-state index in [2.05, 4.69) is 9.40 Å². The van der Waals surface area contributed by atoms with Crippen LogP contribution >= 0.6 is 0 Å². The predicted molar refractivity (Wildman–Crippen MR) is 39.3 cm³/mol. The molecule has 0 unspecified atom stereocenters. The fraction of sp³-hybridized carbons (Fsp3) is 0. The molecule has 0 amide bonds. The fourth-order valence-corrected chi connectivity index (χ4v) is 1.00. The van der Waals surface area contributed by atoms with Crippen LogP contribution in [0.3, 0.4) is 0 Å². The summed E-state index contributed by atoms with van der Waals surface area (Å²) in [5.74, 6) is -2.42. The third kappa shape index (κ3) is 1.09. The van der Waals surface area contributed by atoms with E-state index in [1.165, 1.54) is 6.07 Å². The van der Waals surface area contributed by atoms with Gasteiger partial charge in [-0.1, -0.05) is 0 Å². The largest absolute Gasteiger partial charge is 0.431 e. The molecule has 0 fully saturated rings. The van der Waals surface area contributed by atoms with Crippen molar-refractivity contribution >= 4 is 17.4 Å². The molecule has 0 spiro atoms. The van der Waals surface area contributed by atoms with E-state index in [-0.39, 0.29) is 17.0 Å². The van der Waals surface area contributed by atoms with E-state index in [1.807, 2.05) is 0 Å². The van der Waals surface area contributed by atoms with Gasteiger partial charge in [0.15, 0.2) is 11.4 Å². The van der Waals surface area contributed by atoms with Crippen molar-refractivity contribution in [2.45, 2.75) is 0 Å². The van der Waals surface area contributed by atoms with E-state index in [0.717, 1.165) is 6.07 Å². The summed E-state index contributed by atoms with van der Waals surface area (Å²) in [4.78, 5) is 13.8. The van der Waals surface area contributed by atoms with E-state index in [9.17, 15) is 13.6 Å². The van der Waals surface area contributed by atoms with Crippen LogP contribution in [0.2, 0.25) is 0 Å². The maximum absolute atomic E-state index is 12.9. The van der Waals surface area contributed by atoms with Crippen LogP contribution in [-0.2, 0) is 0 Å². The zero-order valence-corrected chi connectivity index (χ0v) is 6.25. The van der Waals surface area contributed by atoms with E-state index >= 15 is 0 Å². The normalized spacial score (nSPS) is 10.6. The first-order valence-electron chi connectivity index (χ1n) is 3.42. The first-order chi connectivity index (χ1) is 6.22. The van der Waals surface area contributed by atoms with E-state index in [0.29, 0.717) is 6.29 Å². The van der Waals surface area contributed by atoms with Crippen LogP contribution in [-0.4, -0.2) is 11.3 Å². The number of oxazole rings is 1. The minimum atomic E-state index is -1.13. The summed E-state index contributed by atoms with van der Waals surface area (Å²) in [6.07, 6.45) is 0.331. The topological polar surface area (TPSA) is 43.1 Å². The van der Waals surface area contributed by atoms with Crippen molar-refractivity contribution in [2.75, 3.05) is 0 Å². The molecule has 0 atom stereocenters. The van der Waals surface area contributed by atoms with Crippen molar-refractivity contribution in [1.82, 2.24) is 4.98 Å². The predicted octanol–water partition coefficient (Wildman–Crippen LogP) is 1.92. The first kappa shape index (κ1) is 7.85. The molecular formula is C8H3F2NO2. The van der Waals surface area contributed by atoms with Gasteiger partial charge in [0.05, 0.1) is 0 Å². The lowest BCUT2D eigenvalue weighted by Crippen LogP contribution is -1.82. The summed E-state index contributed by atoms with van der Waals surface area (Å²) in [5.41, 5.74) is -0.205. The molecule has 0 saturated carbocycles. The number of carbonyl (C=O) groups excluding carboxylic acids is 1. The van der Waals surface area contributed by atoms with Crippen LogP contribution in [0.5, 0.6) is 0 Å². The van der Waals surface area contributed by atoms with Gasteiger partial charge in [-0.25, -0.2) is 9.37 Å². The van der Waals surface area contributed by atoms with Gasteiger partial charge in [0, 0.05) is 0 Å². The van der Waals surface area contributed by atoms with Gasteiger partial charge in [0.2, 0.25) is 12.1 Å². The fourth-order valence-electron chi connectivity index (χ4n) is 1.00. The Balaban J connectivity index is 2.83. The van der Waals surface area contributed by atoms with Gasteiger partial charge >= 0.3 is 0 Å². The second-order valence-electron chi connectivity index (χ2n) is 2.38. The maximum atomic E-state index is 12.9. The lowest BCUT2D eigenvalue weighted by molar-refractivity contribution is 0.109. The highest BCUT2D eigenvalue weighted by Crippen LogP contribution is 2.20. The molecule has 0 saturated heterocycles. The summed E-state index contributed by atoms with van der Waals surface area (Å²) >= 11 is 0. The Labute approximate surface area is 71.0 Å². The van der Waals surface area contributed by atoms with Crippen molar-refractivity contribution in [3.8, 4) is 0 Å². The molecule has 1 aromatic heterocycles. The van der Waals surface area contributed by atoms with Crippen molar-refractivity contribution in [3.63, 3.8) is 0 Å². The Morgan fingerprint density at radius 2 is 2.15 bits per heavy atom. The summed E-state index contributed by atoms with van der Waals surface area (Å²) in [5, 5.41) is 0. The molecule has 0 N–H and O–H groups in total. The van der Waals surface area contributed by atoms with E-state index < -0.39 is 11.6 Å². The first-order valence-corrected chi connectivity index (χ1v) is 3.42. The molecule has 0 aliphatic heterocycles. The highest BCUT2D eigenvalue weighted by atomic mass is 19.2. The number of aromatic nitrogens is 1. The molecule has 0 radical (unpaired) electrons. The lowest BCUT2D eigenvalue weighted by atomic mass is 10.3. The molecule has 13 heavy (non-hydrogen) atoms. The number of benzene rings is 1. The standard InChI is InChI=1S/C8H3F2NO2/c9-4-1-2-5-8(7(4)10)13-6(3-12)11-5/h1-3H. The average molecular weight is 183 g/mol. The number of aldehydes is 1. The minimum absolute atomic E-state index is 0.126. The molecule has 66 valence electrons. The summed E-state index contributed by atoms with van der Waals surface area (Å²) in [6, 6.07) is 2.17. The Bertz CT molecular complexity index is 478. The summed E-state index contributed by atoms with van der Waals surface area (Å²) in [6.45, 7) is 0. The lowest BCUT2D eigenvalue weighted by Gasteiger charge is -1.89. The molecule has 1 aromatic carbocycles. The quantitative estimate of drug-likeness (QED) is 0.634. The van der Waals surface area contributed by atoms with Crippen LogP contribution < -0.4 is 0 Å². The average Bonchev–Trinajstić information content (AvgIpc) is 2.55. The van der Waals surface area contributed by atoms with Crippen LogP contribution in [0.1, 0.15) is 10.7 Å². The van der Waals surface area contributed by atoms with Gasteiger partial charge in [-0.15, -0.1) is 0 Å². The zero-order valence-electron chi connectivity index (χ0n) is 6.25. The maximum Gasteiger partial charge on any atom is 0.260 e. The number of hydrogen-bond acceptors (Lipinski definition) is 3. The SMILES string of the molecule is O=Cc1nc2ccc(F)c(F)c2o1. The van der Waals surface area contributed by atoms with Gasteiger partial charge in [0.1, 0.15) is 5.52 Å². The van der Waals surface area contributed by atoms with Crippen LogP contribution in [0, 0.1) is 11.6 Å². The van der Waals surface area contributed by atoms with E-state index in [4.69, 9.17) is 0 Å². The Morgan fingerprint density at radius 1 is 1.38 bits per heavy atom. The Morgan fingerprint density at radius 3 is 2.85 bits per heavy atom. The zero-order chi connectivity index (χ0) is 9.42. The van der Waals surface area contributed by atoms with Crippen molar-refractivity contribution in [2.24, 2.45) is 0 Å². The molecule has 0 aliphatic rings. The number of halogens is 2. The number of nitrogens with zero attached hydrogens (tertiary/aromatic N) is 1. The summed E-state index contributed by atoms with van der Waals surface area (Å²) < 4.78 is 30.2. The van der Waals surface area contributed by atoms with E-state index in [1.54, 1.807) is 0 Å². The molecule has 1 heterocycles. The second kappa shape index (κ2) is 2.62. The Kier molecular flexibility index (Phi) is 1.58. The smallest absolute Gasteiger partial charge is 0.260 e. The number of rotatable bonds is 1.